The van der Waals surface area contributed by atoms with Crippen molar-refractivity contribution in [3.05, 3.63) is 48.5 Å². The number of hydrogen-bond acceptors (Lipinski definition) is 5. The van der Waals surface area contributed by atoms with E-state index in [-0.39, 0.29) is 11.8 Å². The normalized spacial score (nSPS) is 10.2. The fourth-order valence-corrected chi connectivity index (χ4v) is 2.53. The van der Waals surface area contributed by atoms with E-state index in [1.54, 1.807) is 24.3 Å². The SMILES string of the molecule is O=C(CCl)Oc1ccc(Sc2ccc(OC(=O)CCl)cc2)cc1. The highest BCUT2D eigenvalue weighted by Gasteiger charge is 2.05. The Balaban J connectivity index is 1.96. The Morgan fingerprint density at radius 3 is 1.39 bits per heavy atom. The van der Waals surface area contributed by atoms with Gasteiger partial charge in [-0.3, -0.25) is 9.59 Å². The first-order valence-electron chi connectivity index (χ1n) is 6.52. The largest absolute Gasteiger partial charge is 0.426 e. The molecule has 0 heterocycles. The molecule has 0 unspecified atom stereocenters. The summed E-state index contributed by atoms with van der Waals surface area (Å²) in [4.78, 5) is 24.1. The molecular weight excluding hydrogens is 359 g/mol. The number of hydrogen-bond donors (Lipinski definition) is 0. The van der Waals surface area contributed by atoms with Gasteiger partial charge in [-0.2, -0.15) is 0 Å². The van der Waals surface area contributed by atoms with Crippen LogP contribution in [-0.4, -0.2) is 23.7 Å². The van der Waals surface area contributed by atoms with Crippen molar-refractivity contribution in [2.45, 2.75) is 9.79 Å². The van der Waals surface area contributed by atoms with Crippen molar-refractivity contribution in [2.24, 2.45) is 0 Å². The van der Waals surface area contributed by atoms with Crippen molar-refractivity contribution in [2.75, 3.05) is 11.8 Å². The Bertz CT molecular complexity index is 612. The van der Waals surface area contributed by atoms with E-state index in [4.69, 9.17) is 32.7 Å². The molecule has 0 saturated carbocycles. The Labute approximate surface area is 147 Å². The number of halogens is 2. The quantitative estimate of drug-likeness (QED) is 0.434. The summed E-state index contributed by atoms with van der Waals surface area (Å²) in [5.41, 5.74) is 0. The van der Waals surface area contributed by atoms with Crippen molar-refractivity contribution in [3.8, 4) is 11.5 Å². The van der Waals surface area contributed by atoms with Crippen LogP contribution in [0.1, 0.15) is 0 Å². The number of carbonyl (C=O) groups excluding carboxylic acids is 2. The van der Waals surface area contributed by atoms with Gasteiger partial charge in [0, 0.05) is 9.79 Å². The summed E-state index contributed by atoms with van der Waals surface area (Å²) in [5, 5.41) is 0. The van der Waals surface area contributed by atoms with Crippen LogP contribution in [0.5, 0.6) is 11.5 Å². The van der Waals surface area contributed by atoms with Crippen molar-refractivity contribution < 1.29 is 19.1 Å². The fourth-order valence-electron chi connectivity index (χ4n) is 1.60. The van der Waals surface area contributed by atoms with E-state index in [0.717, 1.165) is 9.79 Å². The Morgan fingerprint density at radius 2 is 1.09 bits per heavy atom. The summed E-state index contributed by atoms with van der Waals surface area (Å²) >= 11 is 12.3. The Hall–Kier alpha value is -1.69. The minimum absolute atomic E-state index is 0.183. The van der Waals surface area contributed by atoms with Crippen LogP contribution in [0.4, 0.5) is 0 Å². The molecule has 0 aliphatic rings. The smallest absolute Gasteiger partial charge is 0.326 e. The molecular formula is C16H12Cl2O4S. The monoisotopic (exact) mass is 370 g/mol. The summed E-state index contributed by atoms with van der Waals surface area (Å²) in [5.74, 6) is -0.455. The summed E-state index contributed by atoms with van der Waals surface area (Å²) in [6.45, 7) is 0. The lowest BCUT2D eigenvalue weighted by Gasteiger charge is -2.06. The molecule has 0 amide bonds. The highest BCUT2D eigenvalue weighted by atomic mass is 35.5. The van der Waals surface area contributed by atoms with Gasteiger partial charge in [0.05, 0.1) is 0 Å². The Kier molecular flexibility index (Phi) is 6.77. The van der Waals surface area contributed by atoms with Gasteiger partial charge in [0.1, 0.15) is 23.3 Å². The standard InChI is InChI=1S/C16H12Cl2O4S/c17-9-15(19)21-11-1-5-13(6-2-11)23-14-7-3-12(4-8-14)22-16(20)10-18/h1-8H,9-10H2. The van der Waals surface area contributed by atoms with E-state index >= 15 is 0 Å². The van der Waals surface area contributed by atoms with Crippen LogP contribution in [0.2, 0.25) is 0 Å². The zero-order valence-electron chi connectivity index (χ0n) is 11.8. The van der Waals surface area contributed by atoms with E-state index in [0.29, 0.717) is 11.5 Å². The molecule has 7 heteroatoms. The van der Waals surface area contributed by atoms with Gasteiger partial charge >= 0.3 is 11.9 Å². The summed E-state index contributed by atoms with van der Waals surface area (Å²) in [7, 11) is 0. The number of carbonyl (C=O) groups is 2. The molecule has 4 nitrogen and oxygen atoms in total. The molecule has 0 bridgehead atoms. The van der Waals surface area contributed by atoms with Crippen LogP contribution in [0, 0.1) is 0 Å². The van der Waals surface area contributed by atoms with Crippen molar-refractivity contribution in [1.29, 1.82) is 0 Å². The number of esters is 2. The van der Waals surface area contributed by atoms with Gasteiger partial charge in [-0.25, -0.2) is 0 Å². The lowest BCUT2D eigenvalue weighted by Crippen LogP contribution is -2.08. The first-order valence-corrected chi connectivity index (χ1v) is 8.40. The average molecular weight is 371 g/mol. The van der Waals surface area contributed by atoms with Gasteiger partial charge in [-0.05, 0) is 48.5 Å². The molecule has 0 fully saturated rings. The van der Waals surface area contributed by atoms with Crippen LogP contribution in [-0.2, 0) is 9.59 Å². The van der Waals surface area contributed by atoms with E-state index in [1.165, 1.54) is 11.8 Å². The lowest BCUT2D eigenvalue weighted by molar-refractivity contribution is -0.132. The van der Waals surface area contributed by atoms with Crippen molar-refractivity contribution in [3.63, 3.8) is 0 Å². The van der Waals surface area contributed by atoms with E-state index in [2.05, 4.69) is 0 Å². The van der Waals surface area contributed by atoms with Gasteiger partial charge in [0.2, 0.25) is 0 Å². The molecule has 23 heavy (non-hydrogen) atoms. The maximum atomic E-state index is 11.1. The zero-order valence-corrected chi connectivity index (χ0v) is 14.2. The highest BCUT2D eigenvalue weighted by molar-refractivity contribution is 7.99. The molecule has 0 aliphatic carbocycles. The third kappa shape index (κ3) is 5.78. The minimum atomic E-state index is -0.492. The molecule has 0 aliphatic heterocycles. The first kappa shape index (κ1) is 17.7. The average Bonchev–Trinajstić information content (AvgIpc) is 2.58. The maximum Gasteiger partial charge on any atom is 0.326 e. The van der Waals surface area contributed by atoms with Gasteiger partial charge in [-0.15, -0.1) is 23.2 Å². The lowest BCUT2D eigenvalue weighted by atomic mass is 10.3. The number of ether oxygens (including phenoxy) is 2. The highest BCUT2D eigenvalue weighted by Crippen LogP contribution is 2.30. The third-order valence-corrected chi connectivity index (χ3v) is 4.02. The van der Waals surface area contributed by atoms with Gasteiger partial charge in [-0.1, -0.05) is 11.8 Å². The number of alkyl halides is 2. The summed E-state index contributed by atoms with van der Waals surface area (Å²) < 4.78 is 9.99. The summed E-state index contributed by atoms with van der Waals surface area (Å²) in [6.07, 6.45) is 0. The minimum Gasteiger partial charge on any atom is -0.426 e. The topological polar surface area (TPSA) is 52.6 Å². The van der Waals surface area contributed by atoms with Gasteiger partial charge in [0.25, 0.3) is 0 Å². The van der Waals surface area contributed by atoms with Gasteiger partial charge < -0.3 is 9.47 Å². The van der Waals surface area contributed by atoms with E-state index in [9.17, 15) is 9.59 Å². The molecule has 0 N–H and O–H groups in total. The van der Waals surface area contributed by atoms with Gasteiger partial charge in [0.15, 0.2) is 0 Å². The van der Waals surface area contributed by atoms with Crippen molar-refractivity contribution >= 4 is 46.9 Å². The van der Waals surface area contributed by atoms with Crippen LogP contribution < -0.4 is 9.47 Å². The van der Waals surface area contributed by atoms with Crippen LogP contribution in [0.25, 0.3) is 0 Å². The van der Waals surface area contributed by atoms with Crippen LogP contribution in [0.15, 0.2) is 58.3 Å². The van der Waals surface area contributed by atoms with E-state index in [1.807, 2.05) is 24.3 Å². The first-order chi connectivity index (χ1) is 11.1. The second-order valence-electron chi connectivity index (χ2n) is 4.26. The molecule has 0 saturated heterocycles. The molecule has 2 aromatic rings. The van der Waals surface area contributed by atoms with Crippen molar-refractivity contribution in [1.82, 2.24) is 0 Å². The molecule has 2 aromatic carbocycles. The summed E-state index contributed by atoms with van der Waals surface area (Å²) in [6, 6.07) is 14.1. The molecule has 0 atom stereocenters. The van der Waals surface area contributed by atoms with Crippen LogP contribution >= 0.6 is 35.0 Å². The molecule has 0 radical (unpaired) electrons. The number of rotatable bonds is 6. The molecule has 2 rings (SSSR count). The zero-order chi connectivity index (χ0) is 16.7. The predicted molar refractivity (Wildman–Crippen MR) is 89.7 cm³/mol. The maximum absolute atomic E-state index is 11.1. The second-order valence-corrected chi connectivity index (χ2v) is 5.94. The van der Waals surface area contributed by atoms with Crippen LogP contribution in [0.3, 0.4) is 0 Å². The molecule has 0 aromatic heterocycles. The number of benzene rings is 2. The molecule has 120 valence electrons. The molecule has 0 spiro atoms. The fraction of sp³-hybridized carbons (Fsp3) is 0.125. The van der Waals surface area contributed by atoms with E-state index < -0.39 is 11.9 Å². The third-order valence-electron chi connectivity index (χ3n) is 2.56. The second kappa shape index (κ2) is 8.82. The predicted octanol–water partition coefficient (Wildman–Crippen LogP) is 4.13. The Morgan fingerprint density at radius 1 is 0.739 bits per heavy atom.